The molecule has 1 aromatic heterocycles. The molecule has 0 aliphatic rings. The third-order valence-electron chi connectivity index (χ3n) is 2.06. The molecule has 0 atom stereocenters. The van der Waals surface area contributed by atoms with E-state index in [1.807, 2.05) is 6.07 Å². The van der Waals surface area contributed by atoms with Crippen LogP contribution in [0.1, 0.15) is 24.6 Å². The molecule has 1 heterocycles. The van der Waals surface area contributed by atoms with Crippen LogP contribution in [0.4, 0.5) is 0 Å². The van der Waals surface area contributed by atoms with Crippen LogP contribution in [-0.4, -0.2) is 18.9 Å². The van der Waals surface area contributed by atoms with Gasteiger partial charge in [-0.05, 0) is 24.4 Å². The third-order valence-corrected chi connectivity index (χ3v) is 3.00. The van der Waals surface area contributed by atoms with Gasteiger partial charge >= 0.3 is 0 Å². The number of hydrogen-bond acceptors (Lipinski definition) is 3. The third kappa shape index (κ3) is 4.53. The minimum Gasteiger partial charge on any atom is -0.317 e. The molecule has 14 heavy (non-hydrogen) atoms. The van der Waals surface area contributed by atoms with Gasteiger partial charge in [0.2, 0.25) is 0 Å². The summed E-state index contributed by atoms with van der Waals surface area (Å²) in [6.07, 6.45) is 2.26. The quantitative estimate of drug-likeness (QED) is 0.701. The number of rotatable bonds is 7. The zero-order valence-corrected chi connectivity index (χ0v) is 9.40. The first-order valence-corrected chi connectivity index (χ1v) is 5.95. The first kappa shape index (κ1) is 11.4. The van der Waals surface area contributed by atoms with Crippen LogP contribution < -0.4 is 5.32 Å². The largest absolute Gasteiger partial charge is 0.317 e. The number of carbonyl (C=O) groups excluding carboxylic acids is 1. The maximum absolute atomic E-state index is 11.4. The van der Waals surface area contributed by atoms with Gasteiger partial charge in [-0.3, -0.25) is 4.79 Å². The average molecular weight is 211 g/mol. The van der Waals surface area contributed by atoms with E-state index < -0.39 is 0 Å². The summed E-state index contributed by atoms with van der Waals surface area (Å²) in [5.74, 6) is 0.361. The maximum atomic E-state index is 11.4. The van der Waals surface area contributed by atoms with E-state index in [-0.39, 0.29) is 0 Å². The molecule has 0 spiro atoms. The molecule has 0 saturated carbocycles. The molecule has 0 aliphatic heterocycles. The van der Waals surface area contributed by atoms with Crippen molar-refractivity contribution >= 4 is 17.1 Å². The number of ketones is 1. The maximum Gasteiger partial charge on any atom is 0.134 e. The lowest BCUT2D eigenvalue weighted by atomic mass is 10.1. The van der Waals surface area contributed by atoms with Gasteiger partial charge in [0.05, 0.1) is 0 Å². The van der Waals surface area contributed by atoms with Gasteiger partial charge in [-0.15, -0.1) is 11.3 Å². The first-order chi connectivity index (χ1) is 6.83. The van der Waals surface area contributed by atoms with Crippen molar-refractivity contribution in [1.82, 2.24) is 5.32 Å². The highest BCUT2D eigenvalue weighted by molar-refractivity contribution is 7.09. The Hall–Kier alpha value is -0.670. The molecule has 2 nitrogen and oxygen atoms in total. The summed E-state index contributed by atoms with van der Waals surface area (Å²) in [4.78, 5) is 12.7. The molecule has 1 aromatic rings. The summed E-state index contributed by atoms with van der Waals surface area (Å²) in [5.41, 5.74) is 0. The number of thiophene rings is 1. The number of aryl methyl sites for hydroxylation is 1. The predicted molar refractivity (Wildman–Crippen MR) is 60.8 cm³/mol. The highest BCUT2D eigenvalue weighted by Gasteiger charge is 2.02. The summed E-state index contributed by atoms with van der Waals surface area (Å²) >= 11 is 1.73. The Morgan fingerprint density at radius 3 is 3.00 bits per heavy atom. The van der Waals surface area contributed by atoms with Gasteiger partial charge in [-0.25, -0.2) is 0 Å². The van der Waals surface area contributed by atoms with Gasteiger partial charge in [0.15, 0.2) is 0 Å². The minimum atomic E-state index is 0.361. The molecular weight excluding hydrogens is 194 g/mol. The molecule has 0 fully saturated rings. The van der Waals surface area contributed by atoms with Crippen LogP contribution >= 0.6 is 11.3 Å². The molecule has 0 unspecified atom stereocenters. The van der Waals surface area contributed by atoms with Crippen LogP contribution in [0.3, 0.4) is 0 Å². The van der Waals surface area contributed by atoms with Crippen LogP contribution in [0.25, 0.3) is 0 Å². The zero-order chi connectivity index (χ0) is 10.2. The van der Waals surface area contributed by atoms with Gasteiger partial charge < -0.3 is 5.32 Å². The predicted octanol–water partition coefficient (Wildman–Crippen LogP) is 2.25. The normalized spacial score (nSPS) is 10.4. The molecule has 0 radical (unpaired) electrons. The lowest BCUT2D eigenvalue weighted by Crippen LogP contribution is -2.17. The summed E-state index contributed by atoms with van der Waals surface area (Å²) < 4.78 is 0. The van der Waals surface area contributed by atoms with Crippen molar-refractivity contribution in [2.75, 3.05) is 13.1 Å². The molecule has 3 heteroatoms. The van der Waals surface area contributed by atoms with Crippen molar-refractivity contribution < 1.29 is 4.79 Å². The van der Waals surface area contributed by atoms with E-state index >= 15 is 0 Å². The van der Waals surface area contributed by atoms with Gasteiger partial charge in [-0.2, -0.15) is 0 Å². The first-order valence-electron chi connectivity index (χ1n) is 5.07. The van der Waals surface area contributed by atoms with Gasteiger partial charge in [-0.1, -0.05) is 13.0 Å². The Balaban J connectivity index is 2.09. The van der Waals surface area contributed by atoms with Crippen molar-refractivity contribution in [3.05, 3.63) is 22.4 Å². The van der Waals surface area contributed by atoms with E-state index in [1.54, 1.807) is 11.3 Å². The van der Waals surface area contributed by atoms with E-state index in [0.29, 0.717) is 18.6 Å². The second-order valence-electron chi connectivity index (χ2n) is 3.22. The Bertz CT molecular complexity index is 256. The lowest BCUT2D eigenvalue weighted by molar-refractivity contribution is -0.118. The second-order valence-corrected chi connectivity index (χ2v) is 4.25. The Labute approximate surface area is 89.3 Å². The smallest absolute Gasteiger partial charge is 0.134 e. The van der Waals surface area contributed by atoms with E-state index in [1.165, 1.54) is 4.88 Å². The molecule has 1 N–H and O–H groups in total. The van der Waals surface area contributed by atoms with Gasteiger partial charge in [0.1, 0.15) is 5.78 Å². The standard InChI is InChI=1S/C11H17NOS/c1-2-12-8-7-10(13)5-6-11-4-3-9-14-11/h3-4,9,12H,2,5-8H2,1H3. The average Bonchev–Trinajstić information content (AvgIpc) is 2.68. The van der Waals surface area contributed by atoms with Crippen LogP contribution in [-0.2, 0) is 11.2 Å². The summed E-state index contributed by atoms with van der Waals surface area (Å²) in [7, 11) is 0. The van der Waals surface area contributed by atoms with Crippen LogP contribution in [0.5, 0.6) is 0 Å². The highest BCUT2D eigenvalue weighted by Crippen LogP contribution is 2.11. The van der Waals surface area contributed by atoms with Crippen molar-refractivity contribution in [2.45, 2.75) is 26.2 Å². The lowest BCUT2D eigenvalue weighted by Gasteiger charge is -2.00. The molecule has 0 saturated heterocycles. The van der Waals surface area contributed by atoms with E-state index in [2.05, 4.69) is 23.7 Å². The zero-order valence-electron chi connectivity index (χ0n) is 8.58. The molecule has 1 rings (SSSR count). The topological polar surface area (TPSA) is 29.1 Å². The van der Waals surface area contributed by atoms with Crippen molar-refractivity contribution in [2.24, 2.45) is 0 Å². The summed E-state index contributed by atoms with van der Waals surface area (Å²) in [6.45, 7) is 3.81. The number of carbonyl (C=O) groups is 1. The monoisotopic (exact) mass is 211 g/mol. The van der Waals surface area contributed by atoms with E-state index in [4.69, 9.17) is 0 Å². The van der Waals surface area contributed by atoms with Crippen molar-refractivity contribution in [1.29, 1.82) is 0 Å². The van der Waals surface area contributed by atoms with E-state index in [9.17, 15) is 4.79 Å². The summed E-state index contributed by atoms with van der Waals surface area (Å²) in [5, 5.41) is 5.21. The van der Waals surface area contributed by atoms with Crippen LogP contribution in [0.2, 0.25) is 0 Å². The minimum absolute atomic E-state index is 0.361. The molecule has 0 aromatic carbocycles. The molecular formula is C11H17NOS. The van der Waals surface area contributed by atoms with Crippen LogP contribution in [0.15, 0.2) is 17.5 Å². The van der Waals surface area contributed by atoms with Crippen LogP contribution in [0, 0.1) is 0 Å². The highest BCUT2D eigenvalue weighted by atomic mass is 32.1. The molecule has 0 amide bonds. The van der Waals surface area contributed by atoms with Crippen molar-refractivity contribution in [3.63, 3.8) is 0 Å². The Morgan fingerprint density at radius 1 is 1.50 bits per heavy atom. The number of nitrogens with one attached hydrogen (secondary N) is 1. The van der Waals surface area contributed by atoms with Gasteiger partial charge in [0, 0.05) is 24.3 Å². The second kappa shape index (κ2) is 6.74. The molecule has 0 aliphatic carbocycles. The number of Topliss-reactive ketones (excluding diaryl/α,β-unsaturated/α-hetero) is 1. The van der Waals surface area contributed by atoms with Gasteiger partial charge in [0.25, 0.3) is 0 Å². The fourth-order valence-electron chi connectivity index (χ4n) is 1.25. The fourth-order valence-corrected chi connectivity index (χ4v) is 1.96. The molecule has 78 valence electrons. The molecule has 0 bridgehead atoms. The SMILES string of the molecule is CCNCCC(=O)CCc1cccs1. The Kier molecular flexibility index (Phi) is 5.49. The fraction of sp³-hybridized carbons (Fsp3) is 0.545. The van der Waals surface area contributed by atoms with Crippen molar-refractivity contribution in [3.8, 4) is 0 Å². The Morgan fingerprint density at radius 2 is 2.36 bits per heavy atom. The number of hydrogen-bond donors (Lipinski definition) is 1. The summed E-state index contributed by atoms with van der Waals surface area (Å²) in [6, 6.07) is 4.12. The van der Waals surface area contributed by atoms with E-state index in [0.717, 1.165) is 19.5 Å².